The second kappa shape index (κ2) is 9.14. The van der Waals surface area contributed by atoms with E-state index in [0.717, 1.165) is 51.9 Å². The Balaban J connectivity index is 1.25. The quantitative estimate of drug-likeness (QED) is 0.728. The van der Waals surface area contributed by atoms with Gasteiger partial charge in [-0.1, -0.05) is 35.9 Å². The molecule has 6 heteroatoms. The Labute approximate surface area is 176 Å². The molecule has 1 amide bonds. The molecule has 2 fully saturated rings. The summed E-state index contributed by atoms with van der Waals surface area (Å²) >= 11 is 6.18. The van der Waals surface area contributed by atoms with Crippen LogP contribution in [-0.2, 0) is 0 Å². The van der Waals surface area contributed by atoms with Crippen LogP contribution in [0.3, 0.4) is 0 Å². The van der Waals surface area contributed by atoms with E-state index < -0.39 is 0 Å². The Morgan fingerprint density at radius 2 is 1.59 bits per heavy atom. The number of hydrogen-bond acceptors (Lipinski definition) is 3. The van der Waals surface area contributed by atoms with Gasteiger partial charge in [0.05, 0.1) is 10.6 Å². The van der Waals surface area contributed by atoms with Crippen LogP contribution in [0, 0.1) is 5.82 Å². The number of amides is 1. The largest absolute Gasteiger partial charge is 0.487 e. The lowest BCUT2D eigenvalue weighted by atomic mass is 9.98. The molecular weight excluding hydrogens is 391 g/mol. The van der Waals surface area contributed by atoms with Crippen LogP contribution in [-0.4, -0.2) is 54.0 Å². The Bertz CT molecular complexity index is 846. The van der Waals surface area contributed by atoms with Gasteiger partial charge in [0.1, 0.15) is 6.10 Å². The van der Waals surface area contributed by atoms with Crippen LogP contribution in [0.2, 0.25) is 5.02 Å². The molecule has 4 rings (SSSR count). The van der Waals surface area contributed by atoms with E-state index in [4.69, 9.17) is 16.3 Å². The van der Waals surface area contributed by atoms with Gasteiger partial charge < -0.3 is 9.64 Å². The van der Waals surface area contributed by atoms with Crippen molar-refractivity contribution in [1.29, 1.82) is 0 Å². The number of nitrogens with zero attached hydrogens (tertiary/aromatic N) is 2. The smallest absolute Gasteiger partial charge is 0.255 e. The molecule has 2 aliphatic heterocycles. The first kappa shape index (κ1) is 20.2. The summed E-state index contributed by atoms with van der Waals surface area (Å²) in [6, 6.07) is 14.3. The first-order chi connectivity index (χ1) is 14.1. The highest BCUT2D eigenvalue weighted by Crippen LogP contribution is 2.26. The number of para-hydroxylation sites is 1. The van der Waals surface area contributed by atoms with E-state index in [1.165, 1.54) is 6.07 Å². The van der Waals surface area contributed by atoms with E-state index in [1.807, 2.05) is 17.0 Å². The van der Waals surface area contributed by atoms with Crippen molar-refractivity contribution in [2.24, 2.45) is 0 Å². The van der Waals surface area contributed by atoms with Crippen LogP contribution in [0.25, 0.3) is 0 Å². The van der Waals surface area contributed by atoms with E-state index in [-0.39, 0.29) is 17.8 Å². The van der Waals surface area contributed by atoms with Crippen molar-refractivity contribution in [2.45, 2.75) is 37.8 Å². The Morgan fingerprint density at radius 1 is 0.931 bits per heavy atom. The number of piperidine rings is 2. The molecule has 0 bridgehead atoms. The van der Waals surface area contributed by atoms with Gasteiger partial charge in [0, 0.05) is 32.2 Å². The molecule has 2 saturated heterocycles. The van der Waals surface area contributed by atoms with Crippen molar-refractivity contribution < 1.29 is 13.9 Å². The topological polar surface area (TPSA) is 32.8 Å². The monoisotopic (exact) mass is 416 g/mol. The lowest BCUT2D eigenvalue weighted by Crippen LogP contribution is -2.50. The zero-order chi connectivity index (χ0) is 20.2. The van der Waals surface area contributed by atoms with E-state index >= 15 is 0 Å². The maximum absolute atomic E-state index is 13.8. The van der Waals surface area contributed by atoms with Gasteiger partial charge in [-0.25, -0.2) is 4.39 Å². The van der Waals surface area contributed by atoms with Gasteiger partial charge in [-0.05, 0) is 49.9 Å². The van der Waals surface area contributed by atoms with Gasteiger partial charge in [-0.15, -0.1) is 0 Å². The van der Waals surface area contributed by atoms with Crippen molar-refractivity contribution in [2.75, 3.05) is 26.2 Å². The second-order valence-corrected chi connectivity index (χ2v) is 8.19. The van der Waals surface area contributed by atoms with Crippen LogP contribution in [0.5, 0.6) is 5.75 Å². The molecular formula is C23H26ClFN2O2. The number of rotatable bonds is 4. The summed E-state index contributed by atoms with van der Waals surface area (Å²) in [5, 5.41) is 0.511. The molecule has 0 aromatic heterocycles. The third-order valence-electron chi connectivity index (χ3n) is 5.98. The van der Waals surface area contributed by atoms with Crippen LogP contribution < -0.4 is 4.74 Å². The zero-order valence-corrected chi connectivity index (χ0v) is 17.2. The maximum atomic E-state index is 13.8. The molecule has 2 aliphatic rings. The third-order valence-corrected chi connectivity index (χ3v) is 6.31. The van der Waals surface area contributed by atoms with E-state index in [2.05, 4.69) is 4.90 Å². The molecule has 2 aromatic rings. The van der Waals surface area contributed by atoms with Crippen molar-refractivity contribution in [3.63, 3.8) is 0 Å². The molecule has 0 saturated carbocycles. The molecule has 0 spiro atoms. The number of carbonyl (C=O) groups is 1. The fraction of sp³-hybridized carbons (Fsp3) is 0.435. The van der Waals surface area contributed by atoms with Gasteiger partial charge in [0.2, 0.25) is 0 Å². The normalized spacial score (nSPS) is 19.3. The maximum Gasteiger partial charge on any atom is 0.255 e. The second-order valence-electron chi connectivity index (χ2n) is 7.79. The molecule has 0 aliphatic carbocycles. The Hall–Kier alpha value is -2.11. The molecule has 0 radical (unpaired) electrons. The number of ether oxygens (including phenoxy) is 1. The minimum atomic E-state index is -0.300. The highest BCUT2D eigenvalue weighted by atomic mass is 35.5. The van der Waals surface area contributed by atoms with Crippen LogP contribution in [0.4, 0.5) is 4.39 Å². The molecule has 0 N–H and O–H groups in total. The predicted octanol–water partition coefficient (Wildman–Crippen LogP) is 4.63. The summed E-state index contributed by atoms with van der Waals surface area (Å²) in [7, 11) is 0. The van der Waals surface area contributed by atoms with Crippen molar-refractivity contribution in [3.8, 4) is 5.75 Å². The number of likely N-dealkylation sites (tertiary alicyclic amines) is 2. The predicted molar refractivity (Wildman–Crippen MR) is 112 cm³/mol. The Kier molecular flexibility index (Phi) is 6.36. The number of benzene rings is 2. The first-order valence-corrected chi connectivity index (χ1v) is 10.7. The average molecular weight is 417 g/mol. The van der Waals surface area contributed by atoms with Gasteiger partial charge in [-0.3, -0.25) is 9.69 Å². The van der Waals surface area contributed by atoms with Crippen molar-refractivity contribution in [1.82, 2.24) is 9.80 Å². The minimum absolute atomic E-state index is 0.0195. The molecule has 154 valence electrons. The van der Waals surface area contributed by atoms with E-state index in [0.29, 0.717) is 22.4 Å². The summed E-state index contributed by atoms with van der Waals surface area (Å²) in [5.41, 5.74) is 0.582. The molecule has 0 unspecified atom stereocenters. The number of carbonyl (C=O) groups excluding carboxylic acids is 1. The third kappa shape index (κ3) is 4.73. The summed E-state index contributed by atoms with van der Waals surface area (Å²) < 4.78 is 19.6. The molecule has 2 heterocycles. The fourth-order valence-electron chi connectivity index (χ4n) is 4.32. The molecule has 4 nitrogen and oxygen atoms in total. The Morgan fingerprint density at radius 3 is 2.28 bits per heavy atom. The zero-order valence-electron chi connectivity index (χ0n) is 16.4. The summed E-state index contributed by atoms with van der Waals surface area (Å²) in [5.74, 6) is 0.0638. The average Bonchev–Trinajstić information content (AvgIpc) is 2.76. The van der Waals surface area contributed by atoms with Crippen molar-refractivity contribution >= 4 is 17.5 Å². The molecule has 2 aromatic carbocycles. The lowest BCUT2D eigenvalue weighted by Gasteiger charge is -2.41. The SMILES string of the molecule is O=C(c1ccccc1Cl)N1CCC(N2CCC(Oc3ccccc3F)CC2)CC1. The van der Waals surface area contributed by atoms with Crippen LogP contribution in [0.1, 0.15) is 36.0 Å². The van der Waals surface area contributed by atoms with Crippen molar-refractivity contribution in [3.05, 3.63) is 64.9 Å². The van der Waals surface area contributed by atoms with Crippen LogP contribution >= 0.6 is 11.6 Å². The highest BCUT2D eigenvalue weighted by Gasteiger charge is 2.31. The van der Waals surface area contributed by atoms with Gasteiger partial charge >= 0.3 is 0 Å². The number of hydrogen-bond donors (Lipinski definition) is 0. The van der Waals surface area contributed by atoms with E-state index in [1.54, 1.807) is 30.3 Å². The summed E-state index contributed by atoms with van der Waals surface area (Å²) in [6.07, 6.45) is 3.79. The fourth-order valence-corrected chi connectivity index (χ4v) is 4.53. The summed E-state index contributed by atoms with van der Waals surface area (Å²) in [4.78, 5) is 17.1. The standard InChI is InChI=1S/C23H26ClFN2O2/c24-20-6-2-1-5-19(20)23(28)27-13-9-17(10-14-27)26-15-11-18(12-16-26)29-22-8-4-3-7-21(22)25/h1-8,17-18H,9-16H2. The lowest BCUT2D eigenvalue weighted by molar-refractivity contribution is 0.0416. The van der Waals surface area contributed by atoms with Gasteiger partial charge in [0.25, 0.3) is 5.91 Å². The highest BCUT2D eigenvalue weighted by molar-refractivity contribution is 6.33. The van der Waals surface area contributed by atoms with Gasteiger partial charge in [0.15, 0.2) is 11.6 Å². The van der Waals surface area contributed by atoms with Gasteiger partial charge in [-0.2, -0.15) is 0 Å². The van der Waals surface area contributed by atoms with Crippen LogP contribution in [0.15, 0.2) is 48.5 Å². The first-order valence-electron chi connectivity index (χ1n) is 10.3. The summed E-state index contributed by atoms with van der Waals surface area (Å²) in [6.45, 7) is 3.39. The van der Waals surface area contributed by atoms with E-state index in [9.17, 15) is 9.18 Å². The molecule has 29 heavy (non-hydrogen) atoms. The molecule has 0 atom stereocenters. The minimum Gasteiger partial charge on any atom is -0.487 e. The number of halogens is 2.